The van der Waals surface area contributed by atoms with E-state index in [1.165, 1.54) is 0 Å². The summed E-state index contributed by atoms with van der Waals surface area (Å²) < 4.78 is 23.9. The molecule has 0 heterocycles. The molecule has 0 atom stereocenters. The van der Waals surface area contributed by atoms with Crippen molar-refractivity contribution < 1.29 is 46.2 Å². The van der Waals surface area contributed by atoms with Crippen LogP contribution in [0, 0.1) is 0 Å². The number of thiol groups is 3. The Labute approximate surface area is 138 Å². The summed E-state index contributed by atoms with van der Waals surface area (Å²) in [5.41, 5.74) is 0. The maximum absolute atomic E-state index is 11.3. The first-order valence-electron chi connectivity index (χ1n) is 5.57. The Morgan fingerprint density at radius 1 is 0.750 bits per heavy atom. The van der Waals surface area contributed by atoms with E-state index in [0.29, 0.717) is 0 Å². The fourth-order valence-electron chi connectivity index (χ4n) is 0.921. The fourth-order valence-corrected chi connectivity index (χ4v) is 3.49. The van der Waals surface area contributed by atoms with Gasteiger partial charge in [-0.2, -0.15) is 0 Å². The zero-order valence-corrected chi connectivity index (χ0v) is 14.7. The molecule has 0 aliphatic rings. The van der Waals surface area contributed by atoms with Gasteiger partial charge in [-0.05, 0) is 0 Å². The maximum atomic E-state index is 11.3. The molecule has 0 saturated carbocycles. The summed E-state index contributed by atoms with van der Waals surface area (Å²) in [6.07, 6.45) is -0.360. The third kappa shape index (κ3) is 9.14. The standard InChI is InChI=1S/3C3H6O2S.H2O.Ti/c3*4-3(5)1-2-6;;/h3*6H,1-2H2,(H,4,5);1H2;/q;;;;+4/p-4. The van der Waals surface area contributed by atoms with Crippen LogP contribution in [0.2, 0.25) is 0 Å². The molecule has 0 saturated heterocycles. The monoisotopic (exact) mass is 380 g/mol. The van der Waals surface area contributed by atoms with Crippen LogP contribution in [0.3, 0.4) is 0 Å². The summed E-state index contributed by atoms with van der Waals surface area (Å²) in [5.74, 6) is -2.06. The Morgan fingerprint density at radius 3 is 1.20 bits per heavy atom. The van der Waals surface area contributed by atoms with Crippen molar-refractivity contribution in [1.82, 2.24) is 0 Å². The quantitative estimate of drug-likeness (QED) is 0.339. The summed E-state index contributed by atoms with van der Waals surface area (Å²) in [4.78, 5) is 34.0. The predicted octanol–water partition coefficient (Wildman–Crippen LogP) is 0.382. The van der Waals surface area contributed by atoms with Crippen LogP contribution in [0.25, 0.3) is 0 Å². The van der Waals surface area contributed by atoms with E-state index >= 15 is 0 Å². The summed E-state index contributed by atoms with van der Waals surface area (Å²) in [6.45, 7) is 0. The molecule has 116 valence electrons. The van der Waals surface area contributed by atoms with Gasteiger partial charge >= 0.3 is 138 Å². The van der Waals surface area contributed by atoms with Crippen LogP contribution < -0.4 is 0 Å². The van der Waals surface area contributed by atoms with Gasteiger partial charge in [-0.25, -0.2) is 0 Å². The van der Waals surface area contributed by atoms with Crippen molar-refractivity contribution in [3.05, 3.63) is 0 Å². The zero-order chi connectivity index (χ0) is 15.6. The molecule has 1 N–H and O–H groups in total. The molecule has 0 bridgehead atoms. The molecule has 20 heavy (non-hydrogen) atoms. The number of carbonyl (C=O) groups excluding carboxylic acids is 3. The molecule has 0 amide bonds. The number of hydrogen-bond donors (Lipinski definition) is 4. The van der Waals surface area contributed by atoms with E-state index in [-0.39, 0.29) is 36.5 Å². The second-order valence-corrected chi connectivity index (χ2v) is 7.30. The normalized spacial score (nSPS) is 10.8. The molecule has 0 unspecified atom stereocenters. The average molecular weight is 380 g/mol. The zero-order valence-electron chi connectivity index (χ0n) is 10.5. The second-order valence-electron chi connectivity index (χ2n) is 3.37. The van der Waals surface area contributed by atoms with E-state index < -0.39 is 36.0 Å². The van der Waals surface area contributed by atoms with Gasteiger partial charge in [0.15, 0.2) is 0 Å². The summed E-state index contributed by atoms with van der Waals surface area (Å²) in [6, 6.07) is 0. The van der Waals surface area contributed by atoms with Gasteiger partial charge in [0.2, 0.25) is 0 Å². The van der Waals surface area contributed by atoms with Crippen molar-refractivity contribution in [2.45, 2.75) is 19.3 Å². The van der Waals surface area contributed by atoms with Crippen LogP contribution in [0.5, 0.6) is 0 Å². The van der Waals surface area contributed by atoms with Crippen LogP contribution in [-0.2, 0) is 42.5 Å². The molecule has 11 heteroatoms. The first-order valence-corrected chi connectivity index (χ1v) is 10.1. The Morgan fingerprint density at radius 2 is 1.00 bits per heavy atom. The van der Waals surface area contributed by atoms with E-state index in [1.807, 2.05) is 0 Å². The molecular weight excluding hydrogens is 364 g/mol. The summed E-state index contributed by atoms with van der Waals surface area (Å²) >= 11 is 6.19. The van der Waals surface area contributed by atoms with Gasteiger partial charge in [0.1, 0.15) is 0 Å². The number of carbonyl (C=O) groups is 3. The Hall–Kier alpha value is 0.134. The van der Waals surface area contributed by atoms with Gasteiger partial charge < -0.3 is 0 Å². The van der Waals surface area contributed by atoms with Gasteiger partial charge in [-0.15, -0.1) is 0 Å². The van der Waals surface area contributed by atoms with Gasteiger partial charge in [-0.1, -0.05) is 0 Å². The molecule has 0 aromatic rings. The van der Waals surface area contributed by atoms with Crippen LogP contribution in [-0.4, -0.2) is 38.9 Å². The molecule has 0 aliphatic carbocycles. The third-order valence-corrected chi connectivity index (χ3v) is 4.62. The van der Waals surface area contributed by atoms with Crippen molar-refractivity contribution in [3.63, 3.8) is 0 Å². The van der Waals surface area contributed by atoms with Crippen LogP contribution in [0.1, 0.15) is 19.3 Å². The summed E-state index contributed by atoms with van der Waals surface area (Å²) in [7, 11) is 0. The predicted molar refractivity (Wildman–Crippen MR) is 75.9 cm³/mol. The van der Waals surface area contributed by atoms with Gasteiger partial charge in [0.25, 0.3) is 0 Å². The first kappa shape index (κ1) is 20.1. The number of rotatable bonds is 9. The Bertz CT molecular complexity index is 302. The molecule has 0 fully saturated rings. The molecule has 0 radical (unpaired) electrons. The SMILES string of the molecule is O=C(CCS)[O][Ti]([OH])([O]C(=O)CCS)[O]C(=O)CCS. The third-order valence-electron chi connectivity index (χ3n) is 1.68. The average Bonchev–Trinajstić information content (AvgIpc) is 2.28. The molecular formula is C9H16O7S3Ti. The molecule has 0 rings (SSSR count). The molecule has 0 aliphatic heterocycles. The first-order chi connectivity index (χ1) is 9.36. The Kier molecular flexibility index (Phi) is 10.9. The summed E-state index contributed by atoms with van der Waals surface area (Å²) in [5, 5.41) is 0. The number of hydrogen-bond acceptors (Lipinski definition) is 10. The van der Waals surface area contributed by atoms with Crippen molar-refractivity contribution in [2.24, 2.45) is 0 Å². The van der Waals surface area contributed by atoms with Crippen molar-refractivity contribution in [1.29, 1.82) is 0 Å². The van der Waals surface area contributed by atoms with E-state index in [2.05, 4.69) is 47.8 Å². The molecule has 0 spiro atoms. The Balaban J connectivity index is 4.77. The van der Waals surface area contributed by atoms with E-state index in [9.17, 15) is 18.1 Å². The van der Waals surface area contributed by atoms with Crippen molar-refractivity contribution in [2.75, 3.05) is 17.3 Å². The van der Waals surface area contributed by atoms with E-state index in [0.717, 1.165) is 0 Å². The minimum atomic E-state index is -5.27. The molecule has 0 aromatic carbocycles. The second kappa shape index (κ2) is 10.8. The van der Waals surface area contributed by atoms with Gasteiger partial charge in [0, 0.05) is 0 Å². The molecule has 7 nitrogen and oxygen atoms in total. The van der Waals surface area contributed by atoms with Crippen LogP contribution in [0.4, 0.5) is 0 Å². The van der Waals surface area contributed by atoms with E-state index in [4.69, 9.17) is 0 Å². The van der Waals surface area contributed by atoms with Crippen LogP contribution >= 0.6 is 37.9 Å². The topological polar surface area (TPSA) is 99.1 Å². The van der Waals surface area contributed by atoms with Crippen molar-refractivity contribution >= 4 is 55.8 Å². The minimum absolute atomic E-state index is 0.120. The van der Waals surface area contributed by atoms with Gasteiger partial charge in [-0.3, -0.25) is 0 Å². The van der Waals surface area contributed by atoms with E-state index in [1.54, 1.807) is 0 Å². The van der Waals surface area contributed by atoms with Crippen LogP contribution in [0.15, 0.2) is 0 Å². The van der Waals surface area contributed by atoms with Gasteiger partial charge in [0.05, 0.1) is 0 Å². The fraction of sp³-hybridized carbons (Fsp3) is 0.667. The molecule has 0 aromatic heterocycles. The van der Waals surface area contributed by atoms with Crippen molar-refractivity contribution in [3.8, 4) is 0 Å².